The van der Waals surface area contributed by atoms with Crippen LogP contribution in [0.2, 0.25) is 0 Å². The highest BCUT2D eigenvalue weighted by molar-refractivity contribution is 4.71. The van der Waals surface area contributed by atoms with Gasteiger partial charge in [-0.15, -0.1) is 0 Å². The van der Waals surface area contributed by atoms with Gasteiger partial charge in [0, 0.05) is 0 Å². The molecule has 0 fully saturated rings. The minimum absolute atomic E-state index is 1.00. The third-order valence-corrected chi connectivity index (χ3v) is 14.0. The molecule has 0 aliphatic rings. The highest BCUT2D eigenvalue weighted by atomic mass is 14.2. The summed E-state index contributed by atoms with van der Waals surface area (Å²) in [6.07, 6.45) is 74.2. The topological polar surface area (TPSA) is 0 Å². The third kappa shape index (κ3) is 45.1. The summed E-state index contributed by atoms with van der Waals surface area (Å²) in [7, 11) is 0. The summed E-state index contributed by atoms with van der Waals surface area (Å²) in [4.78, 5) is 0. The van der Waals surface area contributed by atoms with Crippen molar-refractivity contribution in [3.8, 4) is 0 Å². The lowest BCUT2D eigenvalue weighted by Crippen LogP contribution is -2.15. The van der Waals surface area contributed by atoms with Crippen LogP contribution in [0.1, 0.15) is 349 Å². The molecule has 0 saturated heterocycles. The van der Waals surface area contributed by atoms with Crippen LogP contribution in [0.5, 0.6) is 0 Å². The minimum Gasteiger partial charge on any atom is -0.0654 e. The van der Waals surface area contributed by atoms with Crippen LogP contribution in [0.4, 0.5) is 0 Å². The molecule has 0 radical (unpaired) electrons. The summed E-state index contributed by atoms with van der Waals surface area (Å²) >= 11 is 0. The van der Waals surface area contributed by atoms with E-state index in [4.69, 9.17) is 0 Å². The first-order valence-corrected chi connectivity index (χ1v) is 27.8. The van der Waals surface area contributed by atoms with Crippen LogP contribution in [0, 0.1) is 11.8 Å². The smallest absolute Gasteiger partial charge is 0.0386 e. The first-order chi connectivity index (χ1) is 27.8. The zero-order chi connectivity index (χ0) is 40.5. The van der Waals surface area contributed by atoms with Crippen LogP contribution in [0.25, 0.3) is 0 Å². The second-order valence-corrected chi connectivity index (χ2v) is 19.5. The molecule has 56 heavy (non-hydrogen) atoms. The number of unbranched alkanes of at least 4 members (excludes halogenated alkanes) is 43. The minimum atomic E-state index is 1.00. The van der Waals surface area contributed by atoms with Crippen LogP contribution in [0.15, 0.2) is 0 Å². The SMILES string of the molecule is CCCCCCCCCCCCCCCCCCCCC(CCCCCCCCCCCCCCCCCC)C(CC)CCCCCCCCCCCCCC. The molecule has 0 bridgehead atoms. The van der Waals surface area contributed by atoms with Gasteiger partial charge in [-0.1, -0.05) is 349 Å². The molecule has 338 valence electrons. The molecule has 0 aliphatic heterocycles. The van der Waals surface area contributed by atoms with E-state index >= 15 is 0 Å². The van der Waals surface area contributed by atoms with Gasteiger partial charge in [-0.25, -0.2) is 0 Å². The summed E-state index contributed by atoms with van der Waals surface area (Å²) in [6.45, 7) is 9.50. The van der Waals surface area contributed by atoms with Gasteiger partial charge in [0.25, 0.3) is 0 Å². The Balaban J connectivity index is 4.15. The molecule has 0 heteroatoms. The summed E-state index contributed by atoms with van der Waals surface area (Å²) < 4.78 is 0. The van der Waals surface area contributed by atoms with Gasteiger partial charge in [-0.05, 0) is 11.8 Å². The molecule has 0 aromatic rings. The first-order valence-electron chi connectivity index (χ1n) is 27.8. The van der Waals surface area contributed by atoms with Crippen LogP contribution < -0.4 is 0 Å². The molecule has 0 spiro atoms. The average molecular weight is 788 g/mol. The predicted molar refractivity (Wildman–Crippen MR) is 261 cm³/mol. The van der Waals surface area contributed by atoms with Gasteiger partial charge >= 0.3 is 0 Å². The van der Waals surface area contributed by atoms with Gasteiger partial charge in [0.1, 0.15) is 0 Å². The molecule has 0 saturated carbocycles. The number of hydrogen-bond donors (Lipinski definition) is 0. The van der Waals surface area contributed by atoms with Crippen molar-refractivity contribution in [1.82, 2.24) is 0 Å². The number of rotatable bonds is 51. The van der Waals surface area contributed by atoms with E-state index in [1.807, 2.05) is 0 Å². The quantitative estimate of drug-likeness (QED) is 0.0539. The Bertz CT molecular complexity index is 650. The molecule has 2 unspecified atom stereocenters. The van der Waals surface area contributed by atoms with E-state index in [0.29, 0.717) is 0 Å². The molecule has 0 heterocycles. The molecule has 0 N–H and O–H groups in total. The van der Waals surface area contributed by atoms with Crippen molar-refractivity contribution in [2.24, 2.45) is 11.8 Å². The van der Waals surface area contributed by atoms with E-state index in [2.05, 4.69) is 27.7 Å². The molecule has 0 nitrogen and oxygen atoms in total. The molecule has 0 aliphatic carbocycles. The lowest BCUT2D eigenvalue weighted by molar-refractivity contribution is 0.249. The van der Waals surface area contributed by atoms with Crippen molar-refractivity contribution in [2.45, 2.75) is 349 Å². The normalized spacial score (nSPS) is 12.9. The molecule has 0 aromatic heterocycles. The maximum Gasteiger partial charge on any atom is -0.0386 e. The summed E-state index contributed by atoms with van der Waals surface area (Å²) in [6, 6.07) is 0. The Morgan fingerprint density at radius 1 is 0.161 bits per heavy atom. The highest BCUT2D eigenvalue weighted by Crippen LogP contribution is 2.32. The Hall–Kier alpha value is 0. The maximum absolute atomic E-state index is 2.53. The van der Waals surface area contributed by atoms with Gasteiger partial charge in [0.15, 0.2) is 0 Å². The molecule has 0 aromatic carbocycles. The van der Waals surface area contributed by atoms with Crippen LogP contribution in [0.3, 0.4) is 0 Å². The highest BCUT2D eigenvalue weighted by Gasteiger charge is 2.19. The molecule has 0 amide bonds. The second kappa shape index (κ2) is 51.1. The lowest BCUT2D eigenvalue weighted by Gasteiger charge is -2.27. The average Bonchev–Trinajstić information content (AvgIpc) is 3.21. The molecule has 2 atom stereocenters. The van der Waals surface area contributed by atoms with E-state index in [1.54, 1.807) is 0 Å². The predicted octanol–water partition coefficient (Wildman–Crippen LogP) is 21.8. The van der Waals surface area contributed by atoms with Crippen LogP contribution >= 0.6 is 0 Å². The Morgan fingerprint density at radius 3 is 0.464 bits per heavy atom. The zero-order valence-electron chi connectivity index (χ0n) is 40.5. The van der Waals surface area contributed by atoms with Gasteiger partial charge < -0.3 is 0 Å². The van der Waals surface area contributed by atoms with Gasteiger partial charge in [-0.3, -0.25) is 0 Å². The van der Waals surface area contributed by atoms with Gasteiger partial charge in [0.05, 0.1) is 0 Å². The van der Waals surface area contributed by atoms with Crippen LogP contribution in [-0.4, -0.2) is 0 Å². The van der Waals surface area contributed by atoms with Crippen LogP contribution in [-0.2, 0) is 0 Å². The Morgan fingerprint density at radius 2 is 0.304 bits per heavy atom. The third-order valence-electron chi connectivity index (χ3n) is 14.0. The van der Waals surface area contributed by atoms with Gasteiger partial charge in [0.2, 0.25) is 0 Å². The van der Waals surface area contributed by atoms with Crippen molar-refractivity contribution in [1.29, 1.82) is 0 Å². The van der Waals surface area contributed by atoms with Crippen molar-refractivity contribution in [3.63, 3.8) is 0 Å². The largest absolute Gasteiger partial charge is 0.0654 e. The maximum atomic E-state index is 2.53. The summed E-state index contributed by atoms with van der Waals surface area (Å²) in [5, 5.41) is 0. The standard InChI is InChI=1S/C56H114/c1-5-9-12-15-18-21-24-27-29-31-32-34-36-39-42-45-48-51-54-56(55(8-4)52-49-46-43-40-37-26-23-20-17-14-11-7-3)53-50-47-44-41-38-35-33-30-28-25-22-19-16-13-10-6-2/h55-56H,5-54H2,1-4H3. The molecule has 0 rings (SSSR count). The first kappa shape index (κ1) is 56.0. The van der Waals surface area contributed by atoms with E-state index in [9.17, 15) is 0 Å². The summed E-state index contributed by atoms with van der Waals surface area (Å²) in [5.41, 5.74) is 0. The van der Waals surface area contributed by atoms with E-state index in [1.165, 1.54) is 321 Å². The monoisotopic (exact) mass is 787 g/mol. The number of hydrogen-bond acceptors (Lipinski definition) is 0. The fourth-order valence-corrected chi connectivity index (χ4v) is 9.90. The fourth-order valence-electron chi connectivity index (χ4n) is 9.90. The van der Waals surface area contributed by atoms with Crippen molar-refractivity contribution < 1.29 is 0 Å². The van der Waals surface area contributed by atoms with E-state index in [0.717, 1.165) is 11.8 Å². The fraction of sp³-hybridized carbons (Fsp3) is 1.00. The zero-order valence-corrected chi connectivity index (χ0v) is 40.5. The lowest BCUT2D eigenvalue weighted by atomic mass is 9.79. The summed E-state index contributed by atoms with van der Waals surface area (Å²) in [5.74, 6) is 2.01. The van der Waals surface area contributed by atoms with Crippen molar-refractivity contribution in [3.05, 3.63) is 0 Å². The van der Waals surface area contributed by atoms with E-state index < -0.39 is 0 Å². The van der Waals surface area contributed by atoms with Crippen molar-refractivity contribution >= 4 is 0 Å². The Labute approximate surface area is 359 Å². The molecular weight excluding hydrogens is 673 g/mol. The van der Waals surface area contributed by atoms with E-state index in [-0.39, 0.29) is 0 Å². The van der Waals surface area contributed by atoms with Gasteiger partial charge in [-0.2, -0.15) is 0 Å². The second-order valence-electron chi connectivity index (χ2n) is 19.5. The van der Waals surface area contributed by atoms with Crippen molar-refractivity contribution in [2.75, 3.05) is 0 Å². The Kier molecular flexibility index (Phi) is 51.1. The molecular formula is C56H114.